The fraction of sp³-hybridized carbons (Fsp3) is 0.720. The molecular weight excluding hydrogens is 513 g/mol. The summed E-state index contributed by atoms with van der Waals surface area (Å²) in [6, 6.07) is -0.393. The first-order chi connectivity index (χ1) is 17.5. The van der Waals surface area contributed by atoms with Gasteiger partial charge in [0, 0.05) is 31.6 Å². The molecule has 3 atom stereocenters. The maximum Gasteiger partial charge on any atom is 0.408 e. The minimum absolute atomic E-state index is 0.0293. The summed E-state index contributed by atoms with van der Waals surface area (Å²) < 4.78 is 71.4. The summed E-state index contributed by atoms with van der Waals surface area (Å²) in [6.45, 7) is 4.50. The Morgan fingerprint density at radius 3 is 2.32 bits per heavy atom. The number of halogens is 5. The summed E-state index contributed by atoms with van der Waals surface area (Å²) in [5.74, 6) is -3.77. The maximum atomic E-state index is 13.7. The SMILES string of the molecule is CC(C)(C)OC(=O)N[C@H](C(=O)Nc1cc(C(NC[C@H](N)C(F)(F)F)C2CC2)ccn1)C1CCC(F)(F)CC1. The van der Waals surface area contributed by atoms with Crippen LogP contribution in [0, 0.1) is 11.8 Å². The zero-order valence-corrected chi connectivity index (χ0v) is 21.7. The van der Waals surface area contributed by atoms with Gasteiger partial charge in [0.15, 0.2) is 0 Å². The van der Waals surface area contributed by atoms with Crippen LogP contribution in [-0.2, 0) is 9.53 Å². The largest absolute Gasteiger partial charge is 0.444 e. The summed E-state index contributed by atoms with van der Waals surface area (Å²) in [5, 5.41) is 8.04. The molecule has 1 unspecified atom stereocenters. The lowest BCUT2D eigenvalue weighted by Crippen LogP contribution is -2.51. The van der Waals surface area contributed by atoms with Gasteiger partial charge in [-0.3, -0.25) is 4.79 Å². The lowest BCUT2D eigenvalue weighted by atomic mass is 9.81. The van der Waals surface area contributed by atoms with Gasteiger partial charge >= 0.3 is 12.3 Å². The normalized spacial score (nSPS) is 20.8. The third-order valence-electron chi connectivity index (χ3n) is 6.65. The number of alkyl halides is 5. The molecule has 0 aliphatic heterocycles. The Morgan fingerprint density at radius 1 is 1.13 bits per heavy atom. The van der Waals surface area contributed by atoms with E-state index >= 15 is 0 Å². The summed E-state index contributed by atoms with van der Waals surface area (Å²) in [7, 11) is 0. The zero-order valence-electron chi connectivity index (χ0n) is 21.7. The van der Waals surface area contributed by atoms with E-state index < -0.39 is 73.1 Å². The predicted molar refractivity (Wildman–Crippen MR) is 130 cm³/mol. The smallest absolute Gasteiger partial charge is 0.408 e. The van der Waals surface area contributed by atoms with Gasteiger partial charge in [0.2, 0.25) is 11.8 Å². The highest BCUT2D eigenvalue weighted by molar-refractivity contribution is 5.96. The van der Waals surface area contributed by atoms with E-state index in [2.05, 4.69) is 20.9 Å². The van der Waals surface area contributed by atoms with Crippen LogP contribution in [0.1, 0.15) is 70.9 Å². The number of amides is 2. The molecule has 0 bridgehead atoms. The number of hydrogen-bond donors (Lipinski definition) is 4. The fourth-order valence-electron chi connectivity index (χ4n) is 4.50. The average molecular weight is 550 g/mol. The second kappa shape index (κ2) is 11.7. The zero-order chi connectivity index (χ0) is 28.3. The van der Waals surface area contributed by atoms with Crippen molar-refractivity contribution >= 4 is 17.8 Å². The number of ether oxygens (including phenoxy) is 1. The van der Waals surface area contributed by atoms with Crippen LogP contribution < -0.4 is 21.7 Å². The van der Waals surface area contributed by atoms with Crippen molar-refractivity contribution in [2.24, 2.45) is 17.6 Å². The van der Waals surface area contributed by atoms with E-state index in [9.17, 15) is 31.5 Å². The standard InChI is InChI=1S/C25H36F5N5O3/c1-23(2,3)38-22(37)35-20(15-6-9-24(26,27)10-7-15)21(36)34-18-12-16(8-11-32-18)19(14-4-5-14)33-13-17(31)25(28,29)30/h8,11-12,14-15,17,19-20,33H,4-7,9-10,13,31H2,1-3H3,(H,35,37)(H,32,34,36)/t17-,19?,20-/m0/s1. The van der Waals surface area contributed by atoms with E-state index in [1.807, 2.05) is 0 Å². The topological polar surface area (TPSA) is 118 Å². The molecule has 2 saturated carbocycles. The van der Waals surface area contributed by atoms with Gasteiger partial charge in [-0.1, -0.05) is 0 Å². The Labute approximate surface area is 218 Å². The van der Waals surface area contributed by atoms with Crippen LogP contribution in [0.2, 0.25) is 0 Å². The van der Waals surface area contributed by atoms with Gasteiger partial charge in [-0.15, -0.1) is 0 Å². The maximum absolute atomic E-state index is 13.7. The molecule has 3 rings (SSSR count). The molecule has 2 fully saturated rings. The Balaban J connectivity index is 1.73. The van der Waals surface area contributed by atoms with Crippen LogP contribution >= 0.6 is 0 Å². The van der Waals surface area contributed by atoms with Crippen molar-refractivity contribution in [1.82, 2.24) is 15.6 Å². The molecular formula is C25H36F5N5O3. The molecule has 214 valence electrons. The molecule has 2 aliphatic carbocycles. The molecule has 2 amide bonds. The first-order valence-electron chi connectivity index (χ1n) is 12.7. The Hall–Kier alpha value is -2.54. The van der Waals surface area contributed by atoms with Crippen molar-refractivity contribution in [3.63, 3.8) is 0 Å². The van der Waals surface area contributed by atoms with E-state index in [-0.39, 0.29) is 24.6 Å². The van der Waals surface area contributed by atoms with Crippen molar-refractivity contribution in [2.75, 3.05) is 11.9 Å². The van der Waals surface area contributed by atoms with E-state index in [1.54, 1.807) is 32.9 Å². The molecule has 0 spiro atoms. The minimum Gasteiger partial charge on any atom is -0.444 e. The molecule has 0 aromatic carbocycles. The van der Waals surface area contributed by atoms with Gasteiger partial charge in [0.25, 0.3) is 0 Å². The summed E-state index contributed by atoms with van der Waals surface area (Å²) in [5.41, 5.74) is 5.04. The van der Waals surface area contributed by atoms with Crippen LogP contribution in [0.15, 0.2) is 18.3 Å². The van der Waals surface area contributed by atoms with Gasteiger partial charge in [0.05, 0.1) is 0 Å². The van der Waals surface area contributed by atoms with Gasteiger partial charge < -0.3 is 26.4 Å². The predicted octanol–water partition coefficient (Wildman–Crippen LogP) is 4.67. The van der Waals surface area contributed by atoms with Crippen molar-refractivity contribution in [3.05, 3.63) is 23.9 Å². The number of rotatable bonds is 9. The second-order valence-electron chi connectivity index (χ2n) is 11.2. The molecule has 8 nitrogen and oxygen atoms in total. The molecule has 5 N–H and O–H groups in total. The molecule has 1 heterocycles. The van der Waals surface area contributed by atoms with E-state index in [1.165, 1.54) is 6.20 Å². The number of hydrogen-bond acceptors (Lipinski definition) is 6. The van der Waals surface area contributed by atoms with Crippen LogP contribution in [-0.4, -0.2) is 53.3 Å². The monoisotopic (exact) mass is 549 g/mol. The molecule has 38 heavy (non-hydrogen) atoms. The van der Waals surface area contributed by atoms with E-state index in [0.717, 1.165) is 12.8 Å². The van der Waals surface area contributed by atoms with E-state index in [0.29, 0.717) is 5.56 Å². The molecule has 13 heteroatoms. The molecule has 1 aromatic heterocycles. The van der Waals surface area contributed by atoms with Crippen LogP contribution in [0.3, 0.4) is 0 Å². The second-order valence-corrected chi connectivity index (χ2v) is 11.2. The minimum atomic E-state index is -4.53. The van der Waals surface area contributed by atoms with Crippen LogP contribution in [0.4, 0.5) is 32.6 Å². The first kappa shape index (κ1) is 30.0. The summed E-state index contributed by atoms with van der Waals surface area (Å²) >= 11 is 0. The van der Waals surface area contributed by atoms with Gasteiger partial charge in [-0.05, 0) is 76.0 Å². The number of nitrogens with two attached hydrogens (primary N) is 1. The molecule has 0 radical (unpaired) electrons. The Kier molecular flexibility index (Phi) is 9.23. The average Bonchev–Trinajstić information content (AvgIpc) is 3.61. The number of carbonyl (C=O) groups excluding carboxylic acids is 2. The third-order valence-corrected chi connectivity index (χ3v) is 6.65. The van der Waals surface area contributed by atoms with Gasteiger partial charge in [-0.25, -0.2) is 18.6 Å². The summed E-state index contributed by atoms with van der Waals surface area (Å²) in [4.78, 5) is 29.8. The van der Waals surface area contributed by atoms with Gasteiger partial charge in [-0.2, -0.15) is 13.2 Å². The third kappa shape index (κ3) is 9.04. The Bertz CT molecular complexity index is 971. The van der Waals surface area contributed by atoms with Crippen molar-refractivity contribution in [3.8, 4) is 0 Å². The highest BCUT2D eigenvalue weighted by Gasteiger charge is 2.41. The van der Waals surface area contributed by atoms with Crippen LogP contribution in [0.25, 0.3) is 0 Å². The fourth-order valence-corrected chi connectivity index (χ4v) is 4.50. The summed E-state index contributed by atoms with van der Waals surface area (Å²) in [6.07, 6.45) is -3.05. The number of aromatic nitrogens is 1. The number of alkyl carbamates (subject to hydrolysis) is 1. The molecule has 1 aromatic rings. The lowest BCUT2D eigenvalue weighted by molar-refractivity contribution is -0.146. The quantitative estimate of drug-likeness (QED) is 0.333. The number of anilines is 1. The lowest BCUT2D eigenvalue weighted by Gasteiger charge is -2.33. The first-order valence-corrected chi connectivity index (χ1v) is 12.7. The highest BCUT2D eigenvalue weighted by Crippen LogP contribution is 2.41. The molecule has 0 saturated heterocycles. The van der Waals surface area contributed by atoms with E-state index in [4.69, 9.17) is 10.5 Å². The number of carbonyl (C=O) groups is 2. The van der Waals surface area contributed by atoms with Crippen molar-refractivity contribution in [1.29, 1.82) is 0 Å². The van der Waals surface area contributed by atoms with Crippen molar-refractivity contribution in [2.45, 2.75) is 95.1 Å². The number of nitrogens with one attached hydrogen (secondary N) is 3. The Morgan fingerprint density at radius 2 is 1.76 bits per heavy atom. The number of nitrogens with zero attached hydrogens (tertiary/aromatic N) is 1. The number of pyridine rings is 1. The van der Waals surface area contributed by atoms with Gasteiger partial charge in [0.1, 0.15) is 23.5 Å². The van der Waals surface area contributed by atoms with Crippen molar-refractivity contribution < 1.29 is 36.3 Å². The molecule has 2 aliphatic rings. The highest BCUT2D eigenvalue weighted by atomic mass is 19.4. The van der Waals surface area contributed by atoms with Crippen LogP contribution in [0.5, 0.6) is 0 Å².